The quantitative estimate of drug-likeness (QED) is 0.443. The Morgan fingerprint density at radius 1 is 1.22 bits per heavy atom. The number of carbonyl (C=O) groups is 3. The van der Waals surface area contributed by atoms with Crippen LogP contribution in [0.25, 0.3) is 6.08 Å². The molecule has 2 aliphatic heterocycles. The van der Waals surface area contributed by atoms with Gasteiger partial charge in [0.25, 0.3) is 11.1 Å². The smallest absolute Gasteiger partial charge is 0.341 e. The zero-order valence-corrected chi connectivity index (χ0v) is 20.6. The third-order valence-electron chi connectivity index (χ3n) is 4.41. The van der Waals surface area contributed by atoms with Crippen molar-refractivity contribution in [3.63, 3.8) is 0 Å². The molecule has 0 unspecified atom stereocenters. The Kier molecular flexibility index (Phi) is 6.70. The van der Waals surface area contributed by atoms with Crippen molar-refractivity contribution >= 4 is 78.4 Å². The number of hydrogen-bond donors (Lipinski definition) is 1. The van der Waals surface area contributed by atoms with Crippen LogP contribution in [0.15, 0.2) is 38.1 Å². The molecule has 12 heteroatoms. The zero-order chi connectivity index (χ0) is 23.0. The van der Waals surface area contributed by atoms with Gasteiger partial charge in [0.15, 0.2) is 18.1 Å². The van der Waals surface area contributed by atoms with E-state index < -0.39 is 23.7 Å². The fraction of sp³-hybridized carbons (Fsp3) is 0.150. The van der Waals surface area contributed by atoms with Crippen molar-refractivity contribution in [1.82, 2.24) is 4.90 Å². The number of ether oxygens (including phenoxy) is 3. The summed E-state index contributed by atoms with van der Waals surface area (Å²) in [5.74, 6) is -0.421. The van der Waals surface area contributed by atoms with E-state index >= 15 is 0 Å². The summed E-state index contributed by atoms with van der Waals surface area (Å²) in [6.07, 6.45) is 1.48. The molecule has 0 aromatic heterocycles. The molecule has 1 fully saturated rings. The molecule has 8 nitrogen and oxygen atoms in total. The Morgan fingerprint density at radius 2 is 1.94 bits per heavy atom. The number of aliphatic carboxylic acids is 1. The molecule has 2 amide bonds. The number of benzene rings is 2. The van der Waals surface area contributed by atoms with Crippen LogP contribution < -0.4 is 14.2 Å². The molecule has 1 N–H and O–H groups in total. The molecule has 166 valence electrons. The number of carboxylic acid groups (broad SMARTS) is 1. The molecule has 1 saturated heterocycles. The van der Waals surface area contributed by atoms with Crippen LogP contribution in [0, 0.1) is 0 Å². The second-order valence-corrected chi connectivity index (χ2v) is 9.72. The van der Waals surface area contributed by atoms with Crippen LogP contribution in [0.5, 0.6) is 17.2 Å². The maximum atomic E-state index is 13.0. The van der Waals surface area contributed by atoms with Crippen molar-refractivity contribution in [2.45, 2.75) is 6.54 Å². The standard InChI is InChI=1S/C20H12Br2ClNO7S/c21-11-1-9(18(12(22)4-11)29-7-17(25)26)3-16-19(27)24(20(28)32-16)6-10-2-14-15(5-13(10)23)31-8-30-14/h1-5H,6-8H2,(H,25,26)/b16-3-. The van der Waals surface area contributed by atoms with Gasteiger partial charge in [-0.15, -0.1) is 0 Å². The van der Waals surface area contributed by atoms with Gasteiger partial charge in [0.05, 0.1) is 15.9 Å². The van der Waals surface area contributed by atoms with Gasteiger partial charge in [-0.05, 0) is 57.5 Å². The lowest BCUT2D eigenvalue weighted by atomic mass is 10.1. The Balaban J connectivity index is 1.61. The van der Waals surface area contributed by atoms with Crippen LogP contribution in [-0.2, 0) is 16.1 Å². The third-order valence-corrected chi connectivity index (χ3v) is 6.71. The highest BCUT2D eigenvalue weighted by Gasteiger charge is 2.36. The molecular weight excluding hydrogens is 594 g/mol. The highest BCUT2D eigenvalue weighted by molar-refractivity contribution is 9.11. The highest BCUT2D eigenvalue weighted by atomic mass is 79.9. The van der Waals surface area contributed by atoms with Crippen molar-refractivity contribution < 1.29 is 33.7 Å². The molecule has 2 aromatic carbocycles. The van der Waals surface area contributed by atoms with Gasteiger partial charge in [-0.2, -0.15) is 0 Å². The predicted molar refractivity (Wildman–Crippen MR) is 124 cm³/mol. The molecule has 2 heterocycles. The van der Waals surface area contributed by atoms with Crippen molar-refractivity contribution in [1.29, 1.82) is 0 Å². The summed E-state index contributed by atoms with van der Waals surface area (Å²) in [6, 6.07) is 6.56. The lowest BCUT2D eigenvalue weighted by molar-refractivity contribution is -0.139. The summed E-state index contributed by atoms with van der Waals surface area (Å²) in [4.78, 5) is 37.7. The lowest BCUT2D eigenvalue weighted by Crippen LogP contribution is -2.27. The first-order valence-corrected chi connectivity index (χ1v) is 11.7. The summed E-state index contributed by atoms with van der Waals surface area (Å²) in [7, 11) is 0. The minimum absolute atomic E-state index is 0.0397. The predicted octanol–water partition coefficient (Wildman–Crippen LogP) is 5.29. The van der Waals surface area contributed by atoms with Crippen LogP contribution in [0.2, 0.25) is 5.02 Å². The summed E-state index contributed by atoms with van der Waals surface area (Å²) < 4.78 is 17.1. The maximum absolute atomic E-state index is 13.0. The molecule has 0 atom stereocenters. The van der Waals surface area contributed by atoms with Gasteiger partial charge in [0.1, 0.15) is 5.75 Å². The van der Waals surface area contributed by atoms with Gasteiger partial charge < -0.3 is 19.3 Å². The summed E-state index contributed by atoms with van der Waals surface area (Å²) in [5, 5.41) is 8.81. The molecule has 4 rings (SSSR count). The Bertz CT molecular complexity index is 1190. The number of thioether (sulfide) groups is 1. The van der Waals surface area contributed by atoms with E-state index in [1.807, 2.05) is 0 Å². The number of rotatable bonds is 6. The van der Waals surface area contributed by atoms with Crippen LogP contribution in [0.1, 0.15) is 11.1 Å². The fourth-order valence-corrected chi connectivity index (χ4v) is 5.42. The average Bonchev–Trinajstić information content (AvgIpc) is 3.26. The lowest BCUT2D eigenvalue weighted by Gasteiger charge is -2.14. The Morgan fingerprint density at radius 3 is 2.66 bits per heavy atom. The molecule has 2 aromatic rings. The molecular formula is C20H12Br2ClNO7S. The number of imide groups is 1. The molecule has 32 heavy (non-hydrogen) atoms. The number of halogens is 3. The number of carboxylic acids is 1. The number of amides is 2. The minimum Gasteiger partial charge on any atom is -0.480 e. The fourth-order valence-electron chi connectivity index (χ4n) is 3.00. The molecule has 2 aliphatic rings. The highest BCUT2D eigenvalue weighted by Crippen LogP contribution is 2.41. The van der Waals surface area contributed by atoms with E-state index in [-0.39, 0.29) is 24.0 Å². The van der Waals surface area contributed by atoms with Crippen molar-refractivity contribution in [2.24, 2.45) is 0 Å². The first-order chi connectivity index (χ1) is 15.2. The number of fused-ring (bicyclic) bond motifs is 1. The Labute approximate surface area is 207 Å². The van der Waals surface area contributed by atoms with E-state index in [9.17, 15) is 14.4 Å². The van der Waals surface area contributed by atoms with E-state index in [0.29, 0.717) is 36.6 Å². The van der Waals surface area contributed by atoms with Crippen LogP contribution in [0.3, 0.4) is 0 Å². The molecule has 0 bridgehead atoms. The van der Waals surface area contributed by atoms with Crippen LogP contribution >= 0.6 is 55.2 Å². The minimum atomic E-state index is -1.15. The largest absolute Gasteiger partial charge is 0.480 e. The van der Waals surface area contributed by atoms with Crippen molar-refractivity contribution in [2.75, 3.05) is 13.4 Å². The first kappa shape index (κ1) is 23.0. The van der Waals surface area contributed by atoms with E-state index in [4.69, 9.17) is 30.9 Å². The van der Waals surface area contributed by atoms with Gasteiger partial charge in [0, 0.05) is 21.1 Å². The van der Waals surface area contributed by atoms with Gasteiger partial charge in [-0.25, -0.2) is 4.79 Å². The first-order valence-electron chi connectivity index (χ1n) is 8.90. The average molecular weight is 606 g/mol. The molecule has 0 saturated carbocycles. The zero-order valence-electron chi connectivity index (χ0n) is 15.9. The molecule has 0 radical (unpaired) electrons. The summed E-state index contributed by atoms with van der Waals surface area (Å²) in [6.45, 7) is -0.527. The second-order valence-electron chi connectivity index (χ2n) is 6.55. The van der Waals surface area contributed by atoms with E-state index in [1.165, 1.54) is 6.08 Å². The SMILES string of the molecule is O=C(O)COc1c(Br)cc(Br)cc1/C=C1\SC(=O)N(Cc2cc3c(cc2Cl)OCO3)C1=O. The van der Waals surface area contributed by atoms with Crippen LogP contribution in [-0.4, -0.2) is 40.5 Å². The molecule has 0 spiro atoms. The number of carbonyl (C=O) groups excluding carboxylic acids is 2. The normalized spacial score (nSPS) is 16.2. The monoisotopic (exact) mass is 603 g/mol. The van der Waals surface area contributed by atoms with E-state index in [0.717, 1.165) is 16.7 Å². The third kappa shape index (κ3) is 4.75. The van der Waals surface area contributed by atoms with Crippen LogP contribution in [0.4, 0.5) is 4.79 Å². The topological polar surface area (TPSA) is 102 Å². The molecule has 0 aliphatic carbocycles. The number of nitrogens with zero attached hydrogens (tertiary/aromatic N) is 1. The second kappa shape index (κ2) is 9.34. The van der Waals surface area contributed by atoms with Gasteiger partial charge >= 0.3 is 5.97 Å². The van der Waals surface area contributed by atoms with Crippen molar-refractivity contribution in [3.8, 4) is 17.2 Å². The number of hydrogen-bond acceptors (Lipinski definition) is 7. The Hall–Kier alpha value is -2.21. The van der Waals surface area contributed by atoms with Crippen molar-refractivity contribution in [3.05, 3.63) is 54.3 Å². The maximum Gasteiger partial charge on any atom is 0.341 e. The van der Waals surface area contributed by atoms with E-state index in [1.54, 1.807) is 24.3 Å². The van der Waals surface area contributed by atoms with Gasteiger partial charge in [-0.3, -0.25) is 14.5 Å². The summed E-state index contributed by atoms with van der Waals surface area (Å²) in [5.41, 5.74) is 0.967. The van der Waals surface area contributed by atoms with Gasteiger partial charge in [0.2, 0.25) is 6.79 Å². The van der Waals surface area contributed by atoms with Gasteiger partial charge in [-0.1, -0.05) is 27.5 Å². The summed E-state index contributed by atoms with van der Waals surface area (Å²) >= 11 is 13.7. The van der Waals surface area contributed by atoms with E-state index in [2.05, 4.69) is 31.9 Å².